The molecule has 0 unspecified atom stereocenters. The Morgan fingerprint density at radius 1 is 1.35 bits per heavy atom. The number of alkyl halides is 3. The molecule has 1 atom stereocenters. The van der Waals surface area contributed by atoms with Crippen LogP contribution in [0.2, 0.25) is 0 Å². The molecule has 2 aromatic rings. The average molecular weight is 371 g/mol. The lowest BCUT2D eigenvalue weighted by Gasteiger charge is -2.19. The van der Waals surface area contributed by atoms with Gasteiger partial charge in [0.05, 0.1) is 17.9 Å². The quantitative estimate of drug-likeness (QED) is 0.762. The number of nitrogens with one attached hydrogen (secondary N) is 2. The van der Waals surface area contributed by atoms with Crippen LogP contribution < -0.4 is 15.4 Å². The maximum absolute atomic E-state index is 13.0. The number of amides is 1. The van der Waals surface area contributed by atoms with E-state index in [0.717, 1.165) is 12.1 Å². The standard InChI is InChI=1S/C17H20F3N3O3/c1-4-7-25-14-6-5-12(17(18,19)20)9-13(14)21-11(3)16(24)22-15-8-10(2)26-23-15/h5-6,8-9,11,21H,4,7H2,1-3H3,(H,22,23,24)/t11-/m1/s1. The highest BCUT2D eigenvalue weighted by molar-refractivity contribution is 5.95. The van der Waals surface area contributed by atoms with E-state index in [4.69, 9.17) is 9.26 Å². The molecule has 2 rings (SSSR count). The molecule has 6 nitrogen and oxygen atoms in total. The van der Waals surface area contributed by atoms with Gasteiger partial charge in [-0.1, -0.05) is 12.1 Å². The van der Waals surface area contributed by atoms with E-state index in [1.807, 2.05) is 6.92 Å². The van der Waals surface area contributed by atoms with Crippen molar-refractivity contribution in [2.75, 3.05) is 17.2 Å². The molecular formula is C17H20F3N3O3. The third kappa shape index (κ3) is 5.14. The summed E-state index contributed by atoms with van der Waals surface area (Å²) in [6.07, 6.45) is -3.80. The summed E-state index contributed by atoms with van der Waals surface area (Å²) in [7, 11) is 0. The van der Waals surface area contributed by atoms with Crippen molar-refractivity contribution in [1.82, 2.24) is 5.16 Å². The molecule has 0 aliphatic heterocycles. The van der Waals surface area contributed by atoms with Crippen LogP contribution in [0.25, 0.3) is 0 Å². The van der Waals surface area contributed by atoms with Crippen LogP contribution in [-0.2, 0) is 11.0 Å². The second-order valence-electron chi connectivity index (χ2n) is 5.74. The van der Waals surface area contributed by atoms with Crippen molar-refractivity contribution in [1.29, 1.82) is 0 Å². The number of anilines is 2. The van der Waals surface area contributed by atoms with Crippen LogP contribution >= 0.6 is 0 Å². The Labute approximate surface area is 148 Å². The normalized spacial score (nSPS) is 12.5. The fourth-order valence-electron chi connectivity index (χ4n) is 2.12. The van der Waals surface area contributed by atoms with Gasteiger partial charge in [-0.15, -0.1) is 0 Å². The van der Waals surface area contributed by atoms with Crippen molar-refractivity contribution >= 4 is 17.4 Å². The van der Waals surface area contributed by atoms with E-state index in [1.165, 1.54) is 19.1 Å². The molecule has 0 radical (unpaired) electrons. The van der Waals surface area contributed by atoms with Crippen molar-refractivity contribution in [2.45, 2.75) is 39.4 Å². The van der Waals surface area contributed by atoms with Crippen LogP contribution in [0.1, 0.15) is 31.6 Å². The Balaban J connectivity index is 2.17. The summed E-state index contributed by atoms with van der Waals surface area (Å²) < 4.78 is 49.2. The first kappa shape index (κ1) is 19.6. The number of ether oxygens (including phenoxy) is 1. The largest absolute Gasteiger partial charge is 0.491 e. The summed E-state index contributed by atoms with van der Waals surface area (Å²) in [5, 5.41) is 8.93. The van der Waals surface area contributed by atoms with Crippen LogP contribution in [0.3, 0.4) is 0 Å². The lowest BCUT2D eigenvalue weighted by Crippen LogP contribution is -2.32. The highest BCUT2D eigenvalue weighted by Gasteiger charge is 2.31. The number of carbonyl (C=O) groups is 1. The van der Waals surface area contributed by atoms with E-state index in [1.54, 1.807) is 6.92 Å². The molecule has 1 aromatic carbocycles. The molecule has 9 heteroatoms. The molecule has 142 valence electrons. The summed E-state index contributed by atoms with van der Waals surface area (Å²) in [6, 6.07) is 3.81. The van der Waals surface area contributed by atoms with Gasteiger partial charge in [-0.25, -0.2) is 0 Å². The fraction of sp³-hybridized carbons (Fsp3) is 0.412. The zero-order valence-corrected chi connectivity index (χ0v) is 14.6. The summed E-state index contributed by atoms with van der Waals surface area (Å²) in [4.78, 5) is 12.2. The fourth-order valence-corrected chi connectivity index (χ4v) is 2.12. The highest BCUT2D eigenvalue weighted by Crippen LogP contribution is 2.35. The third-order valence-electron chi connectivity index (χ3n) is 3.41. The second kappa shape index (κ2) is 8.11. The predicted molar refractivity (Wildman–Crippen MR) is 90.2 cm³/mol. The molecule has 0 fully saturated rings. The minimum absolute atomic E-state index is 0.0901. The Hall–Kier alpha value is -2.71. The molecule has 0 saturated carbocycles. The molecule has 0 aliphatic rings. The van der Waals surface area contributed by atoms with Crippen LogP contribution in [0.15, 0.2) is 28.8 Å². The maximum Gasteiger partial charge on any atom is 0.416 e. The monoisotopic (exact) mass is 371 g/mol. The van der Waals surface area contributed by atoms with Gasteiger partial charge in [-0.2, -0.15) is 13.2 Å². The number of benzene rings is 1. The van der Waals surface area contributed by atoms with Crippen molar-refractivity contribution in [2.24, 2.45) is 0 Å². The maximum atomic E-state index is 13.0. The lowest BCUT2D eigenvalue weighted by atomic mass is 10.1. The summed E-state index contributed by atoms with van der Waals surface area (Å²) >= 11 is 0. The van der Waals surface area contributed by atoms with Crippen molar-refractivity contribution in [3.63, 3.8) is 0 Å². The van der Waals surface area contributed by atoms with E-state index < -0.39 is 23.7 Å². The van der Waals surface area contributed by atoms with Gasteiger partial charge < -0.3 is 19.9 Å². The van der Waals surface area contributed by atoms with Crippen LogP contribution in [0.5, 0.6) is 5.75 Å². The Kier molecular flexibility index (Phi) is 6.12. The van der Waals surface area contributed by atoms with Gasteiger partial charge in [0.2, 0.25) is 5.91 Å². The van der Waals surface area contributed by atoms with Gasteiger partial charge in [0.1, 0.15) is 17.6 Å². The summed E-state index contributed by atoms with van der Waals surface area (Å²) in [6.45, 7) is 5.42. The molecule has 0 saturated heterocycles. The number of hydrogen-bond donors (Lipinski definition) is 2. The topological polar surface area (TPSA) is 76.4 Å². The van der Waals surface area contributed by atoms with Crippen LogP contribution in [0, 0.1) is 6.92 Å². The van der Waals surface area contributed by atoms with Crippen LogP contribution in [-0.4, -0.2) is 23.7 Å². The van der Waals surface area contributed by atoms with E-state index in [2.05, 4.69) is 15.8 Å². The first-order valence-corrected chi connectivity index (χ1v) is 8.05. The molecule has 0 bridgehead atoms. The number of rotatable bonds is 7. The van der Waals surface area contributed by atoms with Gasteiger partial charge in [-0.3, -0.25) is 4.79 Å². The number of aromatic nitrogens is 1. The lowest BCUT2D eigenvalue weighted by molar-refractivity contribution is -0.137. The van der Waals surface area contributed by atoms with Crippen molar-refractivity contribution in [3.8, 4) is 5.75 Å². The van der Waals surface area contributed by atoms with Gasteiger partial charge in [0.25, 0.3) is 0 Å². The Bertz CT molecular complexity index is 759. The molecule has 1 heterocycles. The van der Waals surface area contributed by atoms with Crippen molar-refractivity contribution < 1.29 is 27.2 Å². The zero-order valence-electron chi connectivity index (χ0n) is 14.6. The first-order valence-electron chi connectivity index (χ1n) is 8.05. The molecule has 0 aliphatic carbocycles. The number of nitrogens with zero attached hydrogens (tertiary/aromatic N) is 1. The average Bonchev–Trinajstić information content (AvgIpc) is 2.97. The van der Waals surface area contributed by atoms with E-state index in [0.29, 0.717) is 18.8 Å². The first-order chi connectivity index (χ1) is 12.2. The van der Waals surface area contributed by atoms with Gasteiger partial charge in [-0.05, 0) is 38.5 Å². The van der Waals surface area contributed by atoms with E-state index in [9.17, 15) is 18.0 Å². The number of hydrogen-bond acceptors (Lipinski definition) is 5. The van der Waals surface area contributed by atoms with Crippen molar-refractivity contribution in [3.05, 3.63) is 35.6 Å². The molecular weight excluding hydrogens is 351 g/mol. The zero-order chi connectivity index (χ0) is 19.3. The second-order valence-corrected chi connectivity index (χ2v) is 5.74. The van der Waals surface area contributed by atoms with E-state index >= 15 is 0 Å². The molecule has 1 amide bonds. The smallest absolute Gasteiger partial charge is 0.416 e. The molecule has 2 N–H and O–H groups in total. The minimum atomic E-state index is -4.50. The Morgan fingerprint density at radius 2 is 2.08 bits per heavy atom. The van der Waals surface area contributed by atoms with Gasteiger partial charge >= 0.3 is 6.18 Å². The SMILES string of the molecule is CCCOc1ccc(C(F)(F)F)cc1N[C@H](C)C(=O)Nc1cc(C)on1. The molecule has 0 spiro atoms. The highest BCUT2D eigenvalue weighted by atomic mass is 19.4. The molecule has 26 heavy (non-hydrogen) atoms. The summed E-state index contributed by atoms with van der Waals surface area (Å²) in [5.41, 5.74) is -0.740. The Morgan fingerprint density at radius 3 is 2.65 bits per heavy atom. The summed E-state index contributed by atoms with van der Waals surface area (Å²) in [5.74, 6) is 0.524. The number of carbonyl (C=O) groups excluding carboxylic acids is 1. The predicted octanol–water partition coefficient (Wildman–Crippen LogP) is 4.23. The number of halogens is 3. The van der Waals surface area contributed by atoms with E-state index in [-0.39, 0.29) is 17.3 Å². The third-order valence-corrected chi connectivity index (χ3v) is 3.41. The molecule has 1 aromatic heterocycles. The van der Waals surface area contributed by atoms with Crippen LogP contribution in [0.4, 0.5) is 24.7 Å². The minimum Gasteiger partial charge on any atom is -0.491 e. The van der Waals surface area contributed by atoms with Gasteiger partial charge in [0.15, 0.2) is 5.82 Å². The number of aryl methyl sites for hydroxylation is 1. The van der Waals surface area contributed by atoms with Gasteiger partial charge in [0, 0.05) is 6.07 Å².